The van der Waals surface area contributed by atoms with Gasteiger partial charge in [0.2, 0.25) is 5.91 Å². The van der Waals surface area contributed by atoms with E-state index in [9.17, 15) is 14.4 Å². The Labute approximate surface area is 163 Å². The second-order valence-electron chi connectivity index (χ2n) is 5.90. The Morgan fingerprint density at radius 2 is 1.63 bits per heavy atom. The first-order chi connectivity index (χ1) is 13.0. The molecule has 8 nitrogen and oxygen atoms in total. The number of amides is 3. The maximum atomic E-state index is 12.2. The lowest BCUT2D eigenvalue weighted by Gasteiger charge is -2.34. The number of nitrogens with one attached hydrogen (secondary N) is 1. The van der Waals surface area contributed by atoms with Crippen LogP contribution in [-0.2, 0) is 14.3 Å². The number of carbonyl (C=O) groups excluding carboxylic acids is 3. The Bertz CT molecular complexity index is 645. The number of halogens is 1. The molecule has 1 saturated heterocycles. The molecule has 148 valence electrons. The minimum atomic E-state index is -0.526. The van der Waals surface area contributed by atoms with Crippen molar-refractivity contribution in [2.75, 3.05) is 45.9 Å². The van der Waals surface area contributed by atoms with Gasteiger partial charge in [-0.1, -0.05) is 11.6 Å². The van der Waals surface area contributed by atoms with Crippen LogP contribution >= 0.6 is 11.6 Å². The van der Waals surface area contributed by atoms with Gasteiger partial charge in [0.1, 0.15) is 5.75 Å². The third-order valence-electron chi connectivity index (χ3n) is 4.04. The number of piperazine rings is 1. The van der Waals surface area contributed by atoms with Crippen LogP contribution in [0.2, 0.25) is 5.02 Å². The van der Waals surface area contributed by atoms with Gasteiger partial charge in [0.05, 0.1) is 6.61 Å². The first kappa shape index (κ1) is 20.8. The molecule has 1 aliphatic heterocycles. The second kappa shape index (κ2) is 10.6. The van der Waals surface area contributed by atoms with Crippen molar-refractivity contribution in [2.24, 2.45) is 0 Å². The number of benzene rings is 1. The van der Waals surface area contributed by atoms with Crippen molar-refractivity contribution < 1.29 is 23.9 Å². The number of ether oxygens (including phenoxy) is 2. The van der Waals surface area contributed by atoms with Crippen LogP contribution in [0.4, 0.5) is 4.79 Å². The van der Waals surface area contributed by atoms with E-state index >= 15 is 0 Å². The summed E-state index contributed by atoms with van der Waals surface area (Å²) in [6.07, 6.45) is -0.326. The van der Waals surface area contributed by atoms with Crippen LogP contribution in [0, 0.1) is 0 Å². The third-order valence-corrected chi connectivity index (χ3v) is 4.30. The monoisotopic (exact) mass is 397 g/mol. The van der Waals surface area contributed by atoms with E-state index in [1.165, 1.54) is 0 Å². The zero-order valence-corrected chi connectivity index (χ0v) is 16.0. The highest BCUT2D eigenvalue weighted by Gasteiger charge is 2.24. The standard InChI is InChI=1S/C18H24ClN3O5/c1-2-26-18(25)20-8-7-16(23)21-9-11-22(12-10-21)17(24)13-27-15-5-3-14(19)4-6-15/h3-6H,2,7-13H2,1H3,(H,20,25). The SMILES string of the molecule is CCOC(=O)NCCC(=O)N1CCN(C(=O)COc2ccc(Cl)cc2)CC1. The molecular weight excluding hydrogens is 374 g/mol. The van der Waals surface area contributed by atoms with Gasteiger partial charge in [0, 0.05) is 44.2 Å². The lowest BCUT2D eigenvalue weighted by Crippen LogP contribution is -2.52. The molecule has 27 heavy (non-hydrogen) atoms. The first-order valence-electron chi connectivity index (χ1n) is 8.84. The van der Waals surface area contributed by atoms with Gasteiger partial charge in [-0.3, -0.25) is 9.59 Å². The van der Waals surface area contributed by atoms with E-state index in [4.69, 9.17) is 21.1 Å². The fourth-order valence-corrected chi connectivity index (χ4v) is 2.71. The van der Waals surface area contributed by atoms with E-state index in [1.807, 2.05) is 0 Å². The zero-order valence-electron chi connectivity index (χ0n) is 15.3. The summed E-state index contributed by atoms with van der Waals surface area (Å²) in [5, 5.41) is 3.12. The van der Waals surface area contributed by atoms with Crippen LogP contribution in [0.15, 0.2) is 24.3 Å². The maximum absolute atomic E-state index is 12.2. The quantitative estimate of drug-likeness (QED) is 0.753. The van der Waals surface area contributed by atoms with Crippen molar-refractivity contribution in [1.82, 2.24) is 15.1 Å². The number of rotatable bonds is 7. The van der Waals surface area contributed by atoms with Crippen LogP contribution in [0.5, 0.6) is 5.75 Å². The molecule has 0 aliphatic carbocycles. The summed E-state index contributed by atoms with van der Waals surface area (Å²) in [4.78, 5) is 38.9. The van der Waals surface area contributed by atoms with E-state index in [-0.39, 0.29) is 38.0 Å². The van der Waals surface area contributed by atoms with E-state index in [0.717, 1.165) is 0 Å². The fourth-order valence-electron chi connectivity index (χ4n) is 2.58. The third kappa shape index (κ3) is 6.97. The van der Waals surface area contributed by atoms with Crippen molar-refractivity contribution in [3.05, 3.63) is 29.3 Å². The average molecular weight is 398 g/mol. The molecule has 2 rings (SSSR count). The molecule has 1 heterocycles. The van der Waals surface area contributed by atoms with E-state index < -0.39 is 6.09 Å². The summed E-state index contributed by atoms with van der Waals surface area (Å²) in [6.45, 7) is 4.02. The Hall–Kier alpha value is -2.48. The van der Waals surface area contributed by atoms with E-state index in [0.29, 0.717) is 37.0 Å². The zero-order chi connectivity index (χ0) is 19.6. The molecule has 0 bridgehead atoms. The molecule has 0 spiro atoms. The van der Waals surface area contributed by atoms with Crippen molar-refractivity contribution in [2.45, 2.75) is 13.3 Å². The molecule has 3 amide bonds. The van der Waals surface area contributed by atoms with Gasteiger partial charge in [-0.2, -0.15) is 0 Å². The summed E-state index contributed by atoms with van der Waals surface area (Å²) in [6, 6.07) is 6.80. The highest BCUT2D eigenvalue weighted by molar-refractivity contribution is 6.30. The highest BCUT2D eigenvalue weighted by Crippen LogP contribution is 2.15. The van der Waals surface area contributed by atoms with Crippen LogP contribution < -0.4 is 10.1 Å². The number of alkyl carbamates (subject to hydrolysis) is 1. The van der Waals surface area contributed by atoms with Crippen LogP contribution in [-0.4, -0.2) is 73.6 Å². The fraction of sp³-hybridized carbons (Fsp3) is 0.500. The molecule has 0 aromatic heterocycles. The first-order valence-corrected chi connectivity index (χ1v) is 9.22. The van der Waals surface area contributed by atoms with Gasteiger partial charge in [-0.05, 0) is 31.2 Å². The molecule has 0 saturated carbocycles. The number of nitrogens with zero attached hydrogens (tertiary/aromatic N) is 2. The van der Waals surface area contributed by atoms with E-state index in [1.54, 1.807) is 41.0 Å². The van der Waals surface area contributed by atoms with Gasteiger partial charge < -0.3 is 24.6 Å². The molecule has 0 radical (unpaired) electrons. The molecule has 1 fully saturated rings. The van der Waals surface area contributed by atoms with Gasteiger partial charge in [-0.25, -0.2) is 4.79 Å². The smallest absolute Gasteiger partial charge is 0.407 e. The number of hydrogen-bond donors (Lipinski definition) is 1. The second-order valence-corrected chi connectivity index (χ2v) is 6.34. The summed E-state index contributed by atoms with van der Waals surface area (Å²) >= 11 is 5.81. The predicted molar refractivity (Wildman–Crippen MR) is 99.7 cm³/mol. The highest BCUT2D eigenvalue weighted by atomic mass is 35.5. The number of carbonyl (C=O) groups is 3. The summed E-state index contributed by atoms with van der Waals surface area (Å²) in [7, 11) is 0. The Morgan fingerprint density at radius 3 is 2.22 bits per heavy atom. The minimum Gasteiger partial charge on any atom is -0.484 e. The molecule has 1 aromatic rings. The molecular formula is C18H24ClN3O5. The lowest BCUT2D eigenvalue weighted by atomic mass is 10.2. The normalized spacial score (nSPS) is 13.9. The summed E-state index contributed by atoms with van der Waals surface area (Å²) < 4.78 is 10.2. The molecule has 0 atom stereocenters. The topological polar surface area (TPSA) is 88.2 Å². The largest absolute Gasteiger partial charge is 0.484 e. The Balaban J connectivity index is 1.66. The molecule has 1 N–H and O–H groups in total. The summed E-state index contributed by atoms with van der Waals surface area (Å²) in [5.74, 6) is 0.396. The van der Waals surface area contributed by atoms with Gasteiger partial charge >= 0.3 is 6.09 Å². The summed E-state index contributed by atoms with van der Waals surface area (Å²) in [5.41, 5.74) is 0. The lowest BCUT2D eigenvalue weighted by molar-refractivity contribution is -0.140. The van der Waals surface area contributed by atoms with Crippen molar-refractivity contribution in [3.8, 4) is 5.75 Å². The van der Waals surface area contributed by atoms with Crippen molar-refractivity contribution >= 4 is 29.5 Å². The Kier molecular flexibility index (Phi) is 8.19. The number of hydrogen-bond acceptors (Lipinski definition) is 5. The molecule has 1 aromatic carbocycles. The molecule has 0 unspecified atom stereocenters. The maximum Gasteiger partial charge on any atom is 0.407 e. The van der Waals surface area contributed by atoms with Crippen molar-refractivity contribution in [1.29, 1.82) is 0 Å². The average Bonchev–Trinajstić information content (AvgIpc) is 2.67. The van der Waals surface area contributed by atoms with Gasteiger partial charge in [0.15, 0.2) is 6.61 Å². The van der Waals surface area contributed by atoms with Crippen molar-refractivity contribution in [3.63, 3.8) is 0 Å². The Morgan fingerprint density at radius 1 is 1.04 bits per heavy atom. The van der Waals surface area contributed by atoms with Gasteiger partial charge in [-0.15, -0.1) is 0 Å². The molecule has 1 aliphatic rings. The molecule has 9 heteroatoms. The predicted octanol–water partition coefficient (Wildman–Crippen LogP) is 1.53. The van der Waals surface area contributed by atoms with Crippen LogP contribution in [0.1, 0.15) is 13.3 Å². The van der Waals surface area contributed by atoms with E-state index in [2.05, 4.69) is 5.32 Å². The minimum absolute atomic E-state index is 0.0565. The van der Waals surface area contributed by atoms with Crippen LogP contribution in [0.3, 0.4) is 0 Å². The van der Waals surface area contributed by atoms with Crippen LogP contribution in [0.25, 0.3) is 0 Å². The van der Waals surface area contributed by atoms with Gasteiger partial charge in [0.25, 0.3) is 5.91 Å².